The zero-order valence-corrected chi connectivity index (χ0v) is 22.9. The van der Waals surface area contributed by atoms with Crippen molar-refractivity contribution in [1.82, 2.24) is 9.88 Å². The Morgan fingerprint density at radius 3 is 2.38 bits per heavy atom. The van der Waals surface area contributed by atoms with Crippen molar-refractivity contribution in [3.8, 4) is 5.88 Å². The first-order valence-corrected chi connectivity index (χ1v) is 13.2. The molecule has 0 fully saturated rings. The predicted molar refractivity (Wildman–Crippen MR) is 155 cm³/mol. The van der Waals surface area contributed by atoms with Gasteiger partial charge in [0.2, 0.25) is 5.88 Å². The average Bonchev–Trinajstić information content (AvgIpc) is 2.92. The molecule has 1 aromatic heterocycles. The van der Waals surface area contributed by atoms with E-state index < -0.39 is 11.5 Å². The summed E-state index contributed by atoms with van der Waals surface area (Å²) in [7, 11) is 5.73. The summed E-state index contributed by atoms with van der Waals surface area (Å²) >= 11 is 3.60. The van der Waals surface area contributed by atoms with Gasteiger partial charge in [-0.25, -0.2) is 4.98 Å². The van der Waals surface area contributed by atoms with E-state index in [1.54, 1.807) is 7.11 Å². The molecule has 0 aliphatic carbocycles. The Balaban J connectivity index is 1.84. The van der Waals surface area contributed by atoms with E-state index in [-0.39, 0.29) is 0 Å². The molecule has 0 radical (unpaired) electrons. The molecule has 1 unspecified atom stereocenters. The highest BCUT2D eigenvalue weighted by Gasteiger charge is 2.43. The van der Waals surface area contributed by atoms with Crippen LogP contribution in [0.25, 0.3) is 21.7 Å². The van der Waals surface area contributed by atoms with E-state index >= 15 is 0 Å². The maximum Gasteiger partial charge on any atom is 0.217 e. The number of rotatable bonds is 8. The molecule has 2 atom stereocenters. The fourth-order valence-corrected chi connectivity index (χ4v) is 5.68. The molecular weight excluding hydrogens is 524 g/mol. The molecule has 0 amide bonds. The van der Waals surface area contributed by atoms with Gasteiger partial charge in [0.1, 0.15) is 5.60 Å². The summed E-state index contributed by atoms with van der Waals surface area (Å²) < 4.78 is 6.86. The molecule has 0 saturated carbocycles. The van der Waals surface area contributed by atoms with Gasteiger partial charge in [0.25, 0.3) is 0 Å². The van der Waals surface area contributed by atoms with Crippen LogP contribution in [-0.4, -0.2) is 42.7 Å². The topological polar surface area (TPSA) is 45.6 Å². The minimum absolute atomic E-state index is 0.426. The molecule has 37 heavy (non-hydrogen) atoms. The van der Waals surface area contributed by atoms with Crippen molar-refractivity contribution in [3.63, 3.8) is 0 Å². The first-order chi connectivity index (χ1) is 17.9. The van der Waals surface area contributed by atoms with E-state index in [1.165, 1.54) is 0 Å². The first-order valence-electron chi connectivity index (χ1n) is 12.4. The number of fused-ring (bicyclic) bond motifs is 2. The highest BCUT2D eigenvalue weighted by molar-refractivity contribution is 9.10. The molecule has 0 spiro atoms. The van der Waals surface area contributed by atoms with Crippen LogP contribution in [0, 0.1) is 0 Å². The molecule has 1 heterocycles. The maximum absolute atomic E-state index is 13.0. The van der Waals surface area contributed by atoms with Gasteiger partial charge in [-0.05, 0) is 66.7 Å². The second-order valence-corrected chi connectivity index (χ2v) is 10.7. The summed E-state index contributed by atoms with van der Waals surface area (Å²) in [5.74, 6) is 0.0949. The minimum Gasteiger partial charge on any atom is -0.481 e. The summed E-state index contributed by atoms with van der Waals surface area (Å²) in [6.07, 6.45) is 0.521. The zero-order chi connectivity index (χ0) is 26.0. The Kier molecular flexibility index (Phi) is 7.29. The maximum atomic E-state index is 13.0. The molecule has 4 nitrogen and oxygen atoms in total. The number of nitrogens with zero attached hydrogens (tertiary/aromatic N) is 2. The summed E-state index contributed by atoms with van der Waals surface area (Å²) in [6, 6.07) is 32.8. The average molecular weight is 556 g/mol. The van der Waals surface area contributed by atoms with Crippen molar-refractivity contribution >= 4 is 37.6 Å². The molecule has 4 aromatic carbocycles. The van der Waals surface area contributed by atoms with E-state index in [0.29, 0.717) is 18.8 Å². The van der Waals surface area contributed by atoms with E-state index in [2.05, 4.69) is 69.4 Å². The fraction of sp³-hybridized carbons (Fsp3) is 0.219. The quantitative estimate of drug-likeness (QED) is 0.221. The van der Waals surface area contributed by atoms with Gasteiger partial charge < -0.3 is 14.7 Å². The van der Waals surface area contributed by atoms with Gasteiger partial charge in [0.05, 0.1) is 12.6 Å². The molecule has 0 bridgehead atoms. The number of aromatic nitrogens is 1. The highest BCUT2D eigenvalue weighted by atomic mass is 79.9. The SMILES string of the molecule is COc1nc2ccc(Br)cc2cc1C(c1ccccc1)[C@@](O)(CCN(C)C)c1cccc2ccccc12. The Hall–Kier alpha value is -3.25. The number of ether oxygens (including phenoxy) is 1. The lowest BCUT2D eigenvalue weighted by atomic mass is 9.70. The zero-order valence-electron chi connectivity index (χ0n) is 21.4. The molecule has 0 aliphatic heterocycles. The summed E-state index contributed by atoms with van der Waals surface area (Å²) in [5, 5.41) is 16.2. The molecule has 5 aromatic rings. The Morgan fingerprint density at radius 2 is 1.62 bits per heavy atom. The van der Waals surface area contributed by atoms with Crippen LogP contribution in [0.3, 0.4) is 0 Å². The van der Waals surface area contributed by atoms with Crippen molar-refractivity contribution in [2.75, 3.05) is 27.7 Å². The van der Waals surface area contributed by atoms with Crippen LogP contribution in [0.1, 0.15) is 29.0 Å². The molecular formula is C32H31BrN2O2. The molecule has 0 aliphatic rings. The second-order valence-electron chi connectivity index (χ2n) is 9.77. The molecule has 1 N–H and O–H groups in total. The van der Waals surface area contributed by atoms with Crippen LogP contribution in [0.4, 0.5) is 0 Å². The largest absolute Gasteiger partial charge is 0.481 e. The molecule has 0 saturated heterocycles. The van der Waals surface area contributed by atoms with Crippen molar-refractivity contribution in [1.29, 1.82) is 0 Å². The number of aliphatic hydroxyl groups is 1. The Bertz CT molecular complexity index is 1530. The van der Waals surface area contributed by atoms with E-state index in [1.807, 2.05) is 62.6 Å². The number of hydrogen-bond acceptors (Lipinski definition) is 4. The van der Waals surface area contributed by atoms with E-state index in [4.69, 9.17) is 9.72 Å². The third-order valence-corrected chi connectivity index (χ3v) is 7.57. The number of hydrogen-bond donors (Lipinski definition) is 1. The number of halogens is 1. The van der Waals surface area contributed by atoms with Gasteiger partial charge in [-0.15, -0.1) is 0 Å². The minimum atomic E-state index is -1.25. The number of pyridine rings is 1. The van der Waals surface area contributed by atoms with Gasteiger partial charge in [0.15, 0.2) is 0 Å². The van der Waals surface area contributed by atoms with Crippen LogP contribution < -0.4 is 4.74 Å². The highest BCUT2D eigenvalue weighted by Crippen LogP contribution is 2.49. The van der Waals surface area contributed by atoms with Crippen molar-refractivity contribution in [2.45, 2.75) is 17.9 Å². The van der Waals surface area contributed by atoms with Crippen molar-refractivity contribution in [2.24, 2.45) is 0 Å². The van der Waals surface area contributed by atoms with Gasteiger partial charge in [-0.1, -0.05) is 88.7 Å². The Labute approximate surface area is 226 Å². The van der Waals surface area contributed by atoms with Crippen LogP contribution in [0.15, 0.2) is 102 Å². The fourth-order valence-electron chi connectivity index (χ4n) is 5.31. The van der Waals surface area contributed by atoms with Crippen LogP contribution >= 0.6 is 15.9 Å². The molecule has 5 heteroatoms. The summed E-state index contributed by atoms with van der Waals surface area (Å²) in [5.41, 5.74) is 2.36. The van der Waals surface area contributed by atoms with Gasteiger partial charge in [0, 0.05) is 27.9 Å². The lowest BCUT2D eigenvalue weighted by molar-refractivity contribution is 0.00520. The van der Waals surface area contributed by atoms with Gasteiger partial charge in [-0.2, -0.15) is 0 Å². The van der Waals surface area contributed by atoms with E-state index in [9.17, 15) is 5.11 Å². The lowest BCUT2D eigenvalue weighted by Gasteiger charge is -2.39. The van der Waals surface area contributed by atoms with Crippen LogP contribution in [0.2, 0.25) is 0 Å². The molecule has 5 rings (SSSR count). The third kappa shape index (κ3) is 4.99. The summed E-state index contributed by atoms with van der Waals surface area (Å²) in [6.45, 7) is 0.706. The smallest absolute Gasteiger partial charge is 0.217 e. The van der Waals surface area contributed by atoms with Gasteiger partial charge >= 0.3 is 0 Å². The number of methoxy groups -OCH3 is 1. The Morgan fingerprint density at radius 1 is 0.892 bits per heavy atom. The number of benzene rings is 4. The standard InChI is InChI=1S/C32H31BrN2O2/c1-35(2)19-18-32(36,28-15-9-13-22-10-7-8-14-26(22)28)30(23-11-5-4-6-12-23)27-21-24-20-25(33)16-17-29(24)34-31(27)37-3/h4-17,20-21,30,36H,18-19H2,1-3H3/t30?,32-/m1/s1. The first kappa shape index (κ1) is 25.4. The predicted octanol–water partition coefficient (Wildman–Crippen LogP) is 7.13. The van der Waals surface area contributed by atoms with E-state index in [0.717, 1.165) is 42.8 Å². The van der Waals surface area contributed by atoms with Gasteiger partial charge in [-0.3, -0.25) is 0 Å². The lowest BCUT2D eigenvalue weighted by Crippen LogP contribution is -2.38. The van der Waals surface area contributed by atoms with Crippen LogP contribution in [-0.2, 0) is 5.60 Å². The van der Waals surface area contributed by atoms with Crippen molar-refractivity contribution in [3.05, 3.63) is 118 Å². The van der Waals surface area contributed by atoms with Crippen LogP contribution in [0.5, 0.6) is 5.88 Å². The van der Waals surface area contributed by atoms with Crippen molar-refractivity contribution < 1.29 is 9.84 Å². The normalized spacial score (nSPS) is 14.1. The molecule has 188 valence electrons. The summed E-state index contributed by atoms with van der Waals surface area (Å²) in [4.78, 5) is 7.00. The second kappa shape index (κ2) is 10.6. The third-order valence-electron chi connectivity index (χ3n) is 7.08. The monoisotopic (exact) mass is 554 g/mol.